The van der Waals surface area contributed by atoms with E-state index >= 15 is 0 Å². The molecule has 0 radical (unpaired) electrons. The van der Waals surface area contributed by atoms with Gasteiger partial charge in [-0.2, -0.15) is 4.98 Å². The number of hydrogen-bond acceptors (Lipinski definition) is 5. The van der Waals surface area contributed by atoms with Crippen LogP contribution in [0.2, 0.25) is 0 Å². The molecule has 102 valence electrons. The summed E-state index contributed by atoms with van der Waals surface area (Å²) in [4.78, 5) is 5.68. The molecule has 0 fully saturated rings. The molecule has 5 heteroatoms. The van der Waals surface area contributed by atoms with Crippen molar-refractivity contribution in [1.82, 2.24) is 10.1 Å². The molecule has 20 heavy (non-hydrogen) atoms. The van der Waals surface area contributed by atoms with Crippen molar-refractivity contribution in [3.8, 4) is 22.8 Å². The second-order valence-corrected chi connectivity index (χ2v) is 5.75. The number of aromatic nitrogens is 2. The number of benzene rings is 1. The van der Waals surface area contributed by atoms with Gasteiger partial charge in [-0.15, -0.1) is 11.3 Å². The van der Waals surface area contributed by atoms with E-state index in [9.17, 15) is 0 Å². The smallest absolute Gasteiger partial charge is 0.261 e. The molecule has 2 N–H and O–H groups in total. The highest BCUT2D eigenvalue weighted by atomic mass is 32.1. The largest absolute Gasteiger partial charge is 0.390 e. The zero-order chi connectivity index (χ0) is 14.1. The van der Waals surface area contributed by atoms with Crippen molar-refractivity contribution < 1.29 is 4.52 Å². The molecule has 4 nitrogen and oxygen atoms in total. The summed E-state index contributed by atoms with van der Waals surface area (Å²) in [5.41, 5.74) is 8.95. The summed E-state index contributed by atoms with van der Waals surface area (Å²) in [6, 6.07) is 9.99. The Kier molecular flexibility index (Phi) is 3.28. The third-order valence-corrected chi connectivity index (χ3v) is 4.31. The van der Waals surface area contributed by atoms with E-state index in [2.05, 4.69) is 17.1 Å². The van der Waals surface area contributed by atoms with Crippen LogP contribution in [0.3, 0.4) is 0 Å². The van der Waals surface area contributed by atoms with Gasteiger partial charge < -0.3 is 10.3 Å². The summed E-state index contributed by atoms with van der Waals surface area (Å²) in [6.45, 7) is 4.13. The number of nitrogens with two attached hydrogens (primary N) is 1. The average Bonchev–Trinajstić information content (AvgIpc) is 3.05. The summed E-state index contributed by atoms with van der Waals surface area (Å²) < 4.78 is 5.36. The fourth-order valence-corrected chi connectivity index (χ4v) is 2.92. The van der Waals surface area contributed by atoms with Gasteiger partial charge in [0.1, 0.15) is 0 Å². The van der Waals surface area contributed by atoms with Gasteiger partial charge in [0, 0.05) is 10.4 Å². The van der Waals surface area contributed by atoms with E-state index < -0.39 is 0 Å². The van der Waals surface area contributed by atoms with Gasteiger partial charge >= 0.3 is 0 Å². The summed E-state index contributed by atoms with van der Waals surface area (Å²) in [6.07, 6.45) is 0.952. The molecule has 1 aromatic carbocycles. The van der Waals surface area contributed by atoms with Gasteiger partial charge in [-0.25, -0.2) is 0 Å². The Labute approximate surface area is 121 Å². The highest BCUT2D eigenvalue weighted by molar-refractivity contribution is 7.16. The molecular formula is C15H15N3OS. The van der Waals surface area contributed by atoms with Crippen LogP contribution in [0.15, 0.2) is 34.9 Å². The molecule has 0 aliphatic rings. The fraction of sp³-hybridized carbons (Fsp3) is 0.200. The second-order valence-electron chi connectivity index (χ2n) is 4.58. The van der Waals surface area contributed by atoms with Crippen molar-refractivity contribution in [2.75, 3.05) is 5.73 Å². The molecule has 0 spiro atoms. The van der Waals surface area contributed by atoms with Gasteiger partial charge in [-0.3, -0.25) is 0 Å². The molecule has 3 rings (SSSR count). The van der Waals surface area contributed by atoms with Crippen LogP contribution < -0.4 is 5.73 Å². The van der Waals surface area contributed by atoms with Crippen LogP contribution in [-0.4, -0.2) is 10.1 Å². The molecule has 0 saturated heterocycles. The number of rotatable bonds is 3. The van der Waals surface area contributed by atoms with Crippen LogP contribution >= 0.6 is 11.3 Å². The quantitative estimate of drug-likeness (QED) is 0.792. The molecule has 0 saturated carbocycles. The van der Waals surface area contributed by atoms with Crippen LogP contribution in [0.25, 0.3) is 22.8 Å². The summed E-state index contributed by atoms with van der Waals surface area (Å²) in [7, 11) is 0. The lowest BCUT2D eigenvalue weighted by molar-refractivity contribution is 0.432. The zero-order valence-electron chi connectivity index (χ0n) is 11.4. The SMILES string of the molecule is CCc1cc(-c2nc(-c3ccccc3C)no2)c(N)s1. The van der Waals surface area contributed by atoms with Crippen molar-refractivity contribution >= 4 is 16.3 Å². The Morgan fingerprint density at radius 1 is 1.25 bits per heavy atom. The monoisotopic (exact) mass is 285 g/mol. The van der Waals surface area contributed by atoms with Gasteiger partial charge in [-0.1, -0.05) is 36.3 Å². The van der Waals surface area contributed by atoms with Gasteiger partial charge in [-0.05, 0) is 25.0 Å². The minimum Gasteiger partial charge on any atom is -0.390 e. The van der Waals surface area contributed by atoms with E-state index in [1.807, 2.05) is 37.3 Å². The van der Waals surface area contributed by atoms with Crippen LogP contribution in [0.5, 0.6) is 0 Å². The Balaban J connectivity index is 2.02. The van der Waals surface area contributed by atoms with E-state index in [0.717, 1.165) is 28.1 Å². The first kappa shape index (κ1) is 12.9. The topological polar surface area (TPSA) is 64.9 Å². The summed E-state index contributed by atoms with van der Waals surface area (Å²) in [5, 5.41) is 4.79. The Morgan fingerprint density at radius 2 is 2.05 bits per heavy atom. The minimum atomic E-state index is 0.483. The van der Waals surface area contributed by atoms with E-state index in [-0.39, 0.29) is 0 Å². The van der Waals surface area contributed by atoms with Crippen molar-refractivity contribution in [2.45, 2.75) is 20.3 Å². The first-order valence-corrected chi connectivity index (χ1v) is 7.29. The van der Waals surface area contributed by atoms with Crippen LogP contribution in [0.4, 0.5) is 5.00 Å². The normalized spacial score (nSPS) is 10.9. The van der Waals surface area contributed by atoms with Crippen molar-refractivity contribution in [3.63, 3.8) is 0 Å². The average molecular weight is 285 g/mol. The van der Waals surface area contributed by atoms with Crippen molar-refractivity contribution in [3.05, 3.63) is 40.8 Å². The maximum atomic E-state index is 6.02. The number of hydrogen-bond donors (Lipinski definition) is 1. The standard InChI is InChI=1S/C15H15N3OS/c1-3-10-8-12(13(16)20-10)15-17-14(18-19-15)11-7-5-4-6-9(11)2/h4-8H,3,16H2,1-2H3. The number of nitrogen functional groups attached to an aromatic ring is 1. The maximum Gasteiger partial charge on any atom is 0.261 e. The molecule has 2 heterocycles. The molecule has 2 aromatic heterocycles. The van der Waals surface area contributed by atoms with Gasteiger partial charge in [0.05, 0.1) is 10.6 Å². The molecule has 0 aliphatic carbocycles. The van der Waals surface area contributed by atoms with E-state index in [1.165, 1.54) is 4.88 Å². The summed E-state index contributed by atoms with van der Waals surface area (Å²) in [5.74, 6) is 1.08. The molecule has 3 aromatic rings. The third-order valence-electron chi connectivity index (χ3n) is 3.20. The molecule has 0 unspecified atom stereocenters. The third kappa shape index (κ3) is 2.20. The second kappa shape index (κ2) is 5.09. The minimum absolute atomic E-state index is 0.483. The Morgan fingerprint density at radius 3 is 2.75 bits per heavy atom. The summed E-state index contributed by atoms with van der Waals surface area (Å²) >= 11 is 1.57. The van der Waals surface area contributed by atoms with Crippen LogP contribution in [0.1, 0.15) is 17.4 Å². The highest BCUT2D eigenvalue weighted by Crippen LogP contribution is 2.34. The molecule has 0 aliphatic heterocycles. The van der Waals surface area contributed by atoms with Gasteiger partial charge in [0.15, 0.2) is 0 Å². The van der Waals surface area contributed by atoms with Crippen LogP contribution in [0, 0.1) is 6.92 Å². The van der Waals surface area contributed by atoms with Crippen LogP contribution in [-0.2, 0) is 6.42 Å². The number of thiophene rings is 1. The highest BCUT2D eigenvalue weighted by Gasteiger charge is 2.16. The van der Waals surface area contributed by atoms with Crippen molar-refractivity contribution in [2.24, 2.45) is 0 Å². The molecule has 0 bridgehead atoms. The van der Waals surface area contributed by atoms with Gasteiger partial charge in [0.2, 0.25) is 5.82 Å². The first-order chi connectivity index (χ1) is 9.69. The van der Waals surface area contributed by atoms with Crippen molar-refractivity contribution in [1.29, 1.82) is 0 Å². The lowest BCUT2D eigenvalue weighted by Gasteiger charge is -1.97. The lowest BCUT2D eigenvalue weighted by Crippen LogP contribution is -1.86. The predicted molar refractivity (Wildman–Crippen MR) is 81.6 cm³/mol. The Bertz CT molecular complexity index is 745. The fourth-order valence-electron chi connectivity index (χ4n) is 2.07. The lowest BCUT2D eigenvalue weighted by atomic mass is 10.1. The van der Waals surface area contributed by atoms with E-state index in [4.69, 9.17) is 10.3 Å². The molecule has 0 atom stereocenters. The molecule has 0 amide bonds. The van der Waals surface area contributed by atoms with E-state index in [1.54, 1.807) is 11.3 Å². The molecular weight excluding hydrogens is 270 g/mol. The first-order valence-electron chi connectivity index (χ1n) is 6.47. The number of anilines is 1. The maximum absolute atomic E-state index is 6.02. The zero-order valence-corrected chi connectivity index (χ0v) is 12.2. The number of nitrogens with zero attached hydrogens (tertiary/aromatic N) is 2. The number of aryl methyl sites for hydroxylation is 2. The van der Waals surface area contributed by atoms with E-state index in [0.29, 0.717) is 11.7 Å². The predicted octanol–water partition coefficient (Wildman–Crippen LogP) is 3.92. The Hall–Kier alpha value is -2.14. The van der Waals surface area contributed by atoms with Gasteiger partial charge in [0.25, 0.3) is 5.89 Å².